The van der Waals surface area contributed by atoms with E-state index in [-0.39, 0.29) is 18.7 Å². The fourth-order valence-electron chi connectivity index (χ4n) is 2.55. The molecule has 3 N–H and O–H groups in total. The summed E-state index contributed by atoms with van der Waals surface area (Å²) in [5.41, 5.74) is -1.24. The predicted octanol–water partition coefficient (Wildman–Crippen LogP) is 1.09. The van der Waals surface area contributed by atoms with E-state index in [1.54, 1.807) is 14.0 Å². The molecule has 0 aliphatic heterocycles. The van der Waals surface area contributed by atoms with Gasteiger partial charge in [0.15, 0.2) is 5.65 Å². The third-order valence-corrected chi connectivity index (χ3v) is 4.00. The zero-order chi connectivity index (χ0) is 15.4. The standard InChI is InChI=1S/C12H15F2N5O2/c1-6-7-8(16-17-9(7)19(2)18-6)15-10(20)12(13,14)11(21)4-3-5-11/h21H,3-5H2,1-2H3,(H2,15,16,17,20). The maximum atomic E-state index is 14.0. The molecule has 21 heavy (non-hydrogen) atoms. The van der Waals surface area contributed by atoms with Crippen molar-refractivity contribution in [1.82, 2.24) is 20.0 Å². The number of fused-ring (bicyclic) bond motifs is 1. The lowest BCUT2D eigenvalue weighted by molar-refractivity contribution is -0.212. The first-order valence-electron chi connectivity index (χ1n) is 6.55. The van der Waals surface area contributed by atoms with Crippen LogP contribution >= 0.6 is 0 Å². The molecule has 1 saturated carbocycles. The van der Waals surface area contributed by atoms with E-state index in [1.165, 1.54) is 4.68 Å². The zero-order valence-corrected chi connectivity index (χ0v) is 11.6. The Morgan fingerprint density at radius 3 is 2.76 bits per heavy atom. The molecular formula is C12H15F2N5O2. The molecule has 1 fully saturated rings. The molecule has 1 amide bonds. The highest BCUT2D eigenvalue weighted by atomic mass is 19.3. The van der Waals surface area contributed by atoms with E-state index in [1.807, 2.05) is 0 Å². The van der Waals surface area contributed by atoms with Crippen LogP contribution in [0.15, 0.2) is 0 Å². The Morgan fingerprint density at radius 1 is 1.52 bits per heavy atom. The molecule has 2 heterocycles. The lowest BCUT2D eigenvalue weighted by Gasteiger charge is -2.41. The van der Waals surface area contributed by atoms with Gasteiger partial charge in [0.05, 0.1) is 11.1 Å². The van der Waals surface area contributed by atoms with Gasteiger partial charge in [-0.3, -0.25) is 9.89 Å². The number of nitrogens with zero attached hydrogens (tertiary/aromatic N) is 3. The van der Waals surface area contributed by atoms with E-state index in [4.69, 9.17) is 0 Å². The lowest BCUT2D eigenvalue weighted by atomic mass is 9.75. The summed E-state index contributed by atoms with van der Waals surface area (Å²) in [5, 5.41) is 22.9. The normalized spacial score (nSPS) is 17.8. The van der Waals surface area contributed by atoms with Crippen LogP contribution in [0, 0.1) is 6.92 Å². The number of H-pyrrole nitrogens is 1. The maximum Gasteiger partial charge on any atom is 0.352 e. The van der Waals surface area contributed by atoms with Crippen LogP contribution in [0.5, 0.6) is 0 Å². The summed E-state index contributed by atoms with van der Waals surface area (Å²) in [4.78, 5) is 11.8. The molecule has 0 saturated heterocycles. The highest BCUT2D eigenvalue weighted by molar-refractivity contribution is 6.03. The minimum Gasteiger partial charge on any atom is -0.383 e. The van der Waals surface area contributed by atoms with Gasteiger partial charge in [-0.05, 0) is 26.2 Å². The number of aliphatic hydroxyl groups is 1. The van der Waals surface area contributed by atoms with Gasteiger partial charge < -0.3 is 10.4 Å². The summed E-state index contributed by atoms with van der Waals surface area (Å²) >= 11 is 0. The highest BCUT2D eigenvalue weighted by Gasteiger charge is 2.61. The number of rotatable bonds is 3. The zero-order valence-electron chi connectivity index (χ0n) is 11.6. The second kappa shape index (κ2) is 4.23. The molecule has 1 aliphatic rings. The number of nitrogens with one attached hydrogen (secondary N) is 2. The Kier molecular flexibility index (Phi) is 2.81. The van der Waals surface area contributed by atoms with Gasteiger partial charge in [0.2, 0.25) is 0 Å². The van der Waals surface area contributed by atoms with Crippen LogP contribution in [-0.2, 0) is 11.8 Å². The molecule has 7 nitrogen and oxygen atoms in total. The molecule has 1 aliphatic carbocycles. The van der Waals surface area contributed by atoms with E-state index in [0.717, 1.165) is 0 Å². The van der Waals surface area contributed by atoms with Gasteiger partial charge in [-0.25, -0.2) is 4.68 Å². The number of aromatic amines is 1. The van der Waals surface area contributed by atoms with Crippen molar-refractivity contribution in [2.45, 2.75) is 37.7 Å². The summed E-state index contributed by atoms with van der Waals surface area (Å²) in [5.74, 6) is -5.33. The topological polar surface area (TPSA) is 95.8 Å². The van der Waals surface area contributed by atoms with Crippen LogP contribution in [0.4, 0.5) is 14.6 Å². The molecule has 0 aromatic carbocycles. The van der Waals surface area contributed by atoms with Crippen molar-refractivity contribution >= 4 is 22.8 Å². The molecule has 0 unspecified atom stereocenters. The maximum absolute atomic E-state index is 14.0. The third-order valence-electron chi connectivity index (χ3n) is 4.00. The van der Waals surface area contributed by atoms with Gasteiger partial charge in [0, 0.05) is 7.05 Å². The van der Waals surface area contributed by atoms with Crippen molar-refractivity contribution < 1.29 is 18.7 Å². The van der Waals surface area contributed by atoms with Crippen LogP contribution in [0.25, 0.3) is 11.0 Å². The molecule has 9 heteroatoms. The fraction of sp³-hybridized carbons (Fsp3) is 0.583. The van der Waals surface area contributed by atoms with Gasteiger partial charge in [0.25, 0.3) is 5.91 Å². The molecule has 0 bridgehead atoms. The first kappa shape index (κ1) is 13.9. The van der Waals surface area contributed by atoms with Crippen LogP contribution in [-0.4, -0.2) is 42.5 Å². The van der Waals surface area contributed by atoms with Gasteiger partial charge >= 0.3 is 5.92 Å². The fourth-order valence-corrected chi connectivity index (χ4v) is 2.55. The Hall–Kier alpha value is -2.03. The van der Waals surface area contributed by atoms with Crippen LogP contribution < -0.4 is 5.32 Å². The molecular weight excluding hydrogens is 284 g/mol. The number of anilines is 1. The first-order valence-corrected chi connectivity index (χ1v) is 6.55. The molecule has 0 spiro atoms. The first-order chi connectivity index (χ1) is 9.76. The van der Waals surface area contributed by atoms with Crippen LogP contribution in [0.2, 0.25) is 0 Å². The molecule has 0 radical (unpaired) electrons. The Bertz CT molecular complexity index is 717. The molecule has 2 aromatic rings. The summed E-state index contributed by atoms with van der Waals surface area (Å²) in [6.07, 6.45) is 0.310. The van der Waals surface area contributed by atoms with Crippen molar-refractivity contribution in [2.24, 2.45) is 7.05 Å². The molecule has 2 aromatic heterocycles. The third kappa shape index (κ3) is 1.84. The Morgan fingerprint density at radius 2 is 2.19 bits per heavy atom. The summed E-state index contributed by atoms with van der Waals surface area (Å²) < 4.78 is 29.5. The average Bonchev–Trinajstić information content (AvgIpc) is 2.90. The summed E-state index contributed by atoms with van der Waals surface area (Å²) in [7, 11) is 1.66. The lowest BCUT2D eigenvalue weighted by Crippen LogP contribution is -2.59. The predicted molar refractivity (Wildman–Crippen MR) is 70.0 cm³/mol. The number of aryl methyl sites for hydroxylation is 2. The van der Waals surface area contributed by atoms with Gasteiger partial charge in [0.1, 0.15) is 11.4 Å². The van der Waals surface area contributed by atoms with Crippen molar-refractivity contribution in [3.63, 3.8) is 0 Å². The molecule has 0 atom stereocenters. The van der Waals surface area contributed by atoms with E-state index in [2.05, 4.69) is 20.6 Å². The van der Waals surface area contributed by atoms with Gasteiger partial charge in [-0.2, -0.15) is 19.0 Å². The number of carbonyl (C=O) groups is 1. The van der Waals surface area contributed by atoms with Crippen molar-refractivity contribution in [3.8, 4) is 0 Å². The second-order valence-electron chi connectivity index (χ2n) is 5.42. The van der Waals surface area contributed by atoms with Gasteiger partial charge in [-0.15, -0.1) is 0 Å². The second-order valence-corrected chi connectivity index (χ2v) is 5.42. The number of hydrogen-bond acceptors (Lipinski definition) is 4. The van der Waals surface area contributed by atoms with E-state index < -0.39 is 17.4 Å². The minimum atomic E-state index is -3.85. The number of amides is 1. The SMILES string of the molecule is Cc1nn(C)c2n[nH]c(NC(=O)C(F)(F)C3(O)CCC3)c12. The van der Waals surface area contributed by atoms with Crippen molar-refractivity contribution in [2.75, 3.05) is 5.32 Å². The monoisotopic (exact) mass is 299 g/mol. The van der Waals surface area contributed by atoms with Crippen LogP contribution in [0.3, 0.4) is 0 Å². The van der Waals surface area contributed by atoms with E-state index in [0.29, 0.717) is 23.1 Å². The Balaban J connectivity index is 1.90. The highest BCUT2D eigenvalue weighted by Crippen LogP contribution is 2.44. The summed E-state index contributed by atoms with van der Waals surface area (Å²) in [6.45, 7) is 1.69. The van der Waals surface area contributed by atoms with Crippen molar-refractivity contribution in [1.29, 1.82) is 0 Å². The van der Waals surface area contributed by atoms with E-state index in [9.17, 15) is 18.7 Å². The number of alkyl halides is 2. The quantitative estimate of drug-likeness (QED) is 0.790. The van der Waals surface area contributed by atoms with E-state index >= 15 is 0 Å². The number of halogens is 2. The largest absolute Gasteiger partial charge is 0.383 e. The number of aromatic nitrogens is 4. The minimum absolute atomic E-state index is 0.0585. The molecule has 3 rings (SSSR count). The summed E-state index contributed by atoms with van der Waals surface area (Å²) in [6, 6.07) is 0. The smallest absolute Gasteiger partial charge is 0.352 e. The average molecular weight is 299 g/mol. The van der Waals surface area contributed by atoms with Crippen molar-refractivity contribution in [3.05, 3.63) is 5.69 Å². The van der Waals surface area contributed by atoms with Crippen LogP contribution in [0.1, 0.15) is 25.0 Å². The number of carbonyl (C=O) groups excluding carboxylic acids is 1. The Labute approximate surface area is 118 Å². The van der Waals surface area contributed by atoms with Gasteiger partial charge in [-0.1, -0.05) is 0 Å². The molecule has 114 valence electrons. The number of hydrogen-bond donors (Lipinski definition) is 3.